The molecule has 0 spiro atoms. The van der Waals surface area contributed by atoms with Crippen LogP contribution in [0.2, 0.25) is 0 Å². The van der Waals surface area contributed by atoms with Crippen molar-refractivity contribution in [3.63, 3.8) is 0 Å². The van der Waals surface area contributed by atoms with Crippen molar-refractivity contribution >= 4 is 16.8 Å². The summed E-state index contributed by atoms with van der Waals surface area (Å²) >= 11 is 0. The summed E-state index contributed by atoms with van der Waals surface area (Å²) in [6.07, 6.45) is -0.0415. The molecule has 0 saturated heterocycles. The van der Waals surface area contributed by atoms with E-state index >= 15 is 0 Å². The molecule has 0 aliphatic rings. The Kier molecular flexibility index (Phi) is 4.91. The van der Waals surface area contributed by atoms with Gasteiger partial charge in [0, 0.05) is 4.90 Å². The van der Waals surface area contributed by atoms with Crippen molar-refractivity contribution < 1.29 is 14.1 Å². The molecule has 110 valence electrons. The van der Waals surface area contributed by atoms with Gasteiger partial charge in [-0.15, -0.1) is 0 Å². The molecule has 2 rings (SSSR count). The van der Waals surface area contributed by atoms with Gasteiger partial charge >= 0.3 is 5.97 Å². The average molecular weight is 302 g/mol. The van der Waals surface area contributed by atoms with Crippen LogP contribution in [0, 0.1) is 13.8 Å². The number of aliphatic carboxylic acids is 1. The van der Waals surface area contributed by atoms with Gasteiger partial charge in [0.1, 0.15) is 0 Å². The second kappa shape index (κ2) is 6.68. The Morgan fingerprint density at radius 2 is 1.76 bits per heavy atom. The quantitative estimate of drug-likeness (QED) is 0.922. The fourth-order valence-corrected chi connectivity index (χ4v) is 3.67. The zero-order chi connectivity index (χ0) is 15.4. The maximum atomic E-state index is 12.6. The Labute approximate surface area is 127 Å². The number of carboxylic acid groups (broad SMARTS) is 1. The maximum Gasteiger partial charge on any atom is 0.307 e. The van der Waals surface area contributed by atoms with Crippen molar-refractivity contribution in [3.8, 4) is 0 Å². The molecule has 3 nitrogen and oxygen atoms in total. The number of carbonyl (C=O) groups is 1. The summed E-state index contributed by atoms with van der Waals surface area (Å²) in [5.74, 6) is -0.534. The fourth-order valence-electron chi connectivity index (χ4n) is 2.21. The number of hydrogen-bond donors (Lipinski definition) is 1. The van der Waals surface area contributed by atoms with Gasteiger partial charge in [-0.2, -0.15) is 0 Å². The third kappa shape index (κ3) is 4.02. The highest BCUT2D eigenvalue weighted by Gasteiger charge is 2.12. The monoisotopic (exact) mass is 302 g/mol. The summed E-state index contributed by atoms with van der Waals surface area (Å²) in [7, 11) is -1.17. The number of benzene rings is 2. The molecule has 2 aromatic rings. The number of hydrogen-bond acceptors (Lipinski definition) is 2. The van der Waals surface area contributed by atoms with Crippen LogP contribution in [0.3, 0.4) is 0 Å². The second-order valence-electron chi connectivity index (χ2n) is 5.10. The summed E-state index contributed by atoms with van der Waals surface area (Å²) in [4.78, 5) is 11.7. The molecular weight excluding hydrogens is 284 g/mol. The minimum atomic E-state index is -1.17. The lowest BCUT2D eigenvalue weighted by Gasteiger charge is -2.10. The van der Waals surface area contributed by atoms with E-state index in [0.29, 0.717) is 5.75 Å². The van der Waals surface area contributed by atoms with Gasteiger partial charge < -0.3 is 5.11 Å². The van der Waals surface area contributed by atoms with Gasteiger partial charge in [-0.1, -0.05) is 36.4 Å². The molecular formula is C17H18O3S. The summed E-state index contributed by atoms with van der Waals surface area (Å²) < 4.78 is 12.6. The first kappa shape index (κ1) is 15.4. The lowest BCUT2D eigenvalue weighted by molar-refractivity contribution is -0.136. The smallest absolute Gasteiger partial charge is 0.307 e. The molecule has 21 heavy (non-hydrogen) atoms. The molecule has 0 heterocycles. The minimum Gasteiger partial charge on any atom is -0.481 e. The SMILES string of the molecule is Cc1ccc(C)c(S(=O)Cc2ccccc2CC(=O)O)c1. The van der Waals surface area contributed by atoms with Crippen LogP contribution < -0.4 is 0 Å². The first-order valence-corrected chi connectivity index (χ1v) is 8.03. The summed E-state index contributed by atoms with van der Waals surface area (Å²) in [6.45, 7) is 3.91. The Bertz CT molecular complexity index is 692. The van der Waals surface area contributed by atoms with E-state index in [1.165, 1.54) is 0 Å². The van der Waals surface area contributed by atoms with Crippen molar-refractivity contribution in [2.24, 2.45) is 0 Å². The standard InChI is InChI=1S/C17H18O3S/c1-12-7-8-13(2)16(9-12)21(20)11-15-6-4-3-5-14(15)10-17(18)19/h3-9H,10-11H2,1-2H3,(H,18,19). The van der Waals surface area contributed by atoms with E-state index < -0.39 is 16.8 Å². The molecule has 0 amide bonds. The normalized spacial score (nSPS) is 12.1. The third-order valence-corrected chi connectivity index (χ3v) is 4.84. The predicted molar refractivity (Wildman–Crippen MR) is 83.8 cm³/mol. The van der Waals surface area contributed by atoms with E-state index in [1.807, 2.05) is 50.2 Å². The number of rotatable bonds is 5. The highest BCUT2D eigenvalue weighted by atomic mass is 32.2. The second-order valence-corrected chi connectivity index (χ2v) is 6.52. The van der Waals surface area contributed by atoms with E-state index in [0.717, 1.165) is 27.1 Å². The molecule has 1 N–H and O–H groups in total. The minimum absolute atomic E-state index is 0.0415. The van der Waals surface area contributed by atoms with Gasteiger partial charge in [0.05, 0.1) is 23.0 Å². The van der Waals surface area contributed by atoms with Crippen molar-refractivity contribution in [2.75, 3.05) is 0 Å². The lowest BCUT2D eigenvalue weighted by Crippen LogP contribution is -2.06. The van der Waals surface area contributed by atoms with E-state index in [1.54, 1.807) is 6.07 Å². The lowest BCUT2D eigenvalue weighted by atomic mass is 10.1. The van der Waals surface area contributed by atoms with Gasteiger partial charge in [-0.3, -0.25) is 9.00 Å². The average Bonchev–Trinajstić information content (AvgIpc) is 2.43. The number of carboxylic acids is 1. The van der Waals surface area contributed by atoms with Crippen LogP contribution in [-0.4, -0.2) is 15.3 Å². The molecule has 1 unspecified atom stereocenters. The van der Waals surface area contributed by atoms with Crippen molar-refractivity contribution in [3.05, 3.63) is 64.7 Å². The van der Waals surface area contributed by atoms with E-state index in [-0.39, 0.29) is 6.42 Å². The summed E-state index contributed by atoms with van der Waals surface area (Å²) in [6, 6.07) is 13.2. The molecule has 0 bridgehead atoms. The number of aryl methyl sites for hydroxylation is 2. The molecule has 0 saturated carbocycles. The summed E-state index contributed by atoms with van der Waals surface area (Å²) in [5, 5.41) is 8.95. The van der Waals surface area contributed by atoms with Gasteiger partial charge in [-0.25, -0.2) is 0 Å². The molecule has 4 heteroatoms. The largest absolute Gasteiger partial charge is 0.481 e. The van der Waals surface area contributed by atoms with Crippen molar-refractivity contribution in [1.29, 1.82) is 0 Å². The zero-order valence-electron chi connectivity index (χ0n) is 12.1. The molecule has 0 fully saturated rings. The van der Waals surface area contributed by atoms with E-state index in [9.17, 15) is 9.00 Å². The molecule has 0 aliphatic carbocycles. The van der Waals surface area contributed by atoms with Crippen LogP contribution in [0.15, 0.2) is 47.4 Å². The first-order valence-electron chi connectivity index (χ1n) is 6.71. The highest BCUT2D eigenvalue weighted by Crippen LogP contribution is 2.20. The molecule has 2 aromatic carbocycles. The molecule has 0 aromatic heterocycles. The third-order valence-electron chi connectivity index (χ3n) is 3.34. The van der Waals surface area contributed by atoms with Crippen LogP contribution in [0.4, 0.5) is 0 Å². The highest BCUT2D eigenvalue weighted by molar-refractivity contribution is 7.84. The maximum absolute atomic E-state index is 12.6. The fraction of sp³-hybridized carbons (Fsp3) is 0.235. The van der Waals surface area contributed by atoms with Gasteiger partial charge in [0.15, 0.2) is 0 Å². The summed E-state index contributed by atoms with van der Waals surface area (Å²) in [5.41, 5.74) is 3.63. The first-order chi connectivity index (χ1) is 9.97. The Hall–Kier alpha value is -1.94. The van der Waals surface area contributed by atoms with Crippen molar-refractivity contribution in [2.45, 2.75) is 30.9 Å². The molecule has 0 radical (unpaired) electrons. The van der Waals surface area contributed by atoms with Crippen molar-refractivity contribution in [1.82, 2.24) is 0 Å². The predicted octanol–water partition coefficient (Wildman–Crippen LogP) is 3.24. The van der Waals surface area contributed by atoms with Gasteiger partial charge in [0.2, 0.25) is 0 Å². The Balaban J connectivity index is 2.27. The van der Waals surface area contributed by atoms with Gasteiger partial charge in [0.25, 0.3) is 0 Å². The zero-order valence-corrected chi connectivity index (χ0v) is 12.9. The molecule has 0 aliphatic heterocycles. The van der Waals surface area contributed by atoms with Crippen LogP contribution in [0.25, 0.3) is 0 Å². The van der Waals surface area contributed by atoms with Gasteiger partial charge in [-0.05, 0) is 42.2 Å². The van der Waals surface area contributed by atoms with Crippen LogP contribution >= 0.6 is 0 Å². The topological polar surface area (TPSA) is 54.4 Å². The molecule has 1 atom stereocenters. The van der Waals surface area contributed by atoms with E-state index in [2.05, 4.69) is 0 Å². The Morgan fingerprint density at radius 3 is 2.43 bits per heavy atom. The van der Waals surface area contributed by atoms with Crippen LogP contribution in [0.5, 0.6) is 0 Å². The van der Waals surface area contributed by atoms with Crippen LogP contribution in [-0.2, 0) is 27.8 Å². The van der Waals surface area contributed by atoms with Crippen LogP contribution in [0.1, 0.15) is 22.3 Å². The van der Waals surface area contributed by atoms with E-state index in [4.69, 9.17) is 5.11 Å². The Morgan fingerprint density at radius 1 is 1.10 bits per heavy atom.